The van der Waals surface area contributed by atoms with Crippen LogP contribution >= 0.6 is 0 Å². The summed E-state index contributed by atoms with van der Waals surface area (Å²) in [5.74, 6) is 0.686. The predicted octanol–water partition coefficient (Wildman–Crippen LogP) is 3.43. The van der Waals surface area contributed by atoms with Gasteiger partial charge < -0.3 is 4.90 Å². The second-order valence-corrected chi connectivity index (χ2v) is 4.21. The van der Waals surface area contributed by atoms with Crippen molar-refractivity contribution in [2.75, 3.05) is 18.0 Å². The highest BCUT2D eigenvalue weighted by Crippen LogP contribution is 2.17. The summed E-state index contributed by atoms with van der Waals surface area (Å²) >= 11 is 0. The van der Waals surface area contributed by atoms with Gasteiger partial charge in [-0.1, -0.05) is 26.3 Å². The van der Waals surface area contributed by atoms with Gasteiger partial charge in [-0.05, 0) is 31.0 Å². The number of nitriles is 1. The van der Waals surface area contributed by atoms with Crippen molar-refractivity contribution in [2.45, 2.75) is 27.2 Å². The zero-order valence-corrected chi connectivity index (χ0v) is 10.4. The normalized spacial score (nSPS) is 11.9. The summed E-state index contributed by atoms with van der Waals surface area (Å²) in [7, 11) is 0. The zero-order chi connectivity index (χ0) is 12.0. The highest BCUT2D eigenvalue weighted by Gasteiger charge is 2.08. The molecule has 0 spiro atoms. The van der Waals surface area contributed by atoms with E-state index in [0.29, 0.717) is 5.92 Å². The first kappa shape index (κ1) is 12.6. The lowest BCUT2D eigenvalue weighted by Crippen LogP contribution is -2.27. The van der Waals surface area contributed by atoms with Crippen LogP contribution in [0.1, 0.15) is 32.8 Å². The third-order valence-electron chi connectivity index (χ3n) is 2.95. The first-order valence-electron chi connectivity index (χ1n) is 5.96. The predicted molar refractivity (Wildman–Crippen MR) is 68.5 cm³/mol. The summed E-state index contributed by atoms with van der Waals surface area (Å²) in [5, 5.41) is 8.88. The van der Waals surface area contributed by atoms with Crippen LogP contribution in [0.5, 0.6) is 0 Å². The number of hydrogen-bond donors (Lipinski definition) is 0. The molecule has 0 fully saturated rings. The topological polar surface area (TPSA) is 27.0 Å². The Morgan fingerprint density at radius 1 is 1.38 bits per heavy atom. The molecule has 1 aromatic rings. The van der Waals surface area contributed by atoms with Crippen LogP contribution < -0.4 is 4.90 Å². The van der Waals surface area contributed by atoms with Crippen molar-refractivity contribution in [1.29, 1.82) is 5.26 Å². The Bertz CT molecular complexity index is 365. The minimum absolute atomic E-state index is 0.686. The standard InChI is InChI=1S/C14H20N2/c1-4-12(3)11-16(5-2)14-8-6-7-13(9-14)10-15/h6-9,12H,4-5,11H2,1-3H3. The summed E-state index contributed by atoms with van der Waals surface area (Å²) in [6, 6.07) is 10.0. The molecule has 86 valence electrons. The highest BCUT2D eigenvalue weighted by atomic mass is 15.1. The maximum Gasteiger partial charge on any atom is 0.0992 e. The maximum atomic E-state index is 8.88. The molecule has 0 amide bonds. The van der Waals surface area contributed by atoms with Crippen molar-refractivity contribution in [2.24, 2.45) is 5.92 Å². The Morgan fingerprint density at radius 3 is 2.69 bits per heavy atom. The van der Waals surface area contributed by atoms with Gasteiger partial charge in [-0.3, -0.25) is 0 Å². The number of benzene rings is 1. The van der Waals surface area contributed by atoms with Crippen molar-refractivity contribution in [1.82, 2.24) is 0 Å². The van der Waals surface area contributed by atoms with Gasteiger partial charge >= 0.3 is 0 Å². The van der Waals surface area contributed by atoms with E-state index in [0.717, 1.165) is 24.3 Å². The molecule has 1 atom stereocenters. The lowest BCUT2D eigenvalue weighted by Gasteiger charge is -2.26. The Balaban J connectivity index is 2.82. The molecule has 2 heteroatoms. The Morgan fingerprint density at radius 2 is 2.12 bits per heavy atom. The van der Waals surface area contributed by atoms with Crippen LogP contribution in [0.4, 0.5) is 5.69 Å². The molecule has 0 aliphatic carbocycles. The van der Waals surface area contributed by atoms with E-state index in [2.05, 4.69) is 37.8 Å². The van der Waals surface area contributed by atoms with Gasteiger partial charge in [-0.15, -0.1) is 0 Å². The van der Waals surface area contributed by atoms with Gasteiger partial charge in [0.1, 0.15) is 0 Å². The molecule has 16 heavy (non-hydrogen) atoms. The average molecular weight is 216 g/mol. The Hall–Kier alpha value is -1.49. The minimum Gasteiger partial charge on any atom is -0.372 e. The van der Waals surface area contributed by atoms with Crippen molar-refractivity contribution >= 4 is 5.69 Å². The third kappa shape index (κ3) is 3.27. The van der Waals surface area contributed by atoms with Gasteiger partial charge in [0.05, 0.1) is 11.6 Å². The third-order valence-corrected chi connectivity index (χ3v) is 2.95. The number of anilines is 1. The second kappa shape index (κ2) is 6.17. The fourth-order valence-electron chi connectivity index (χ4n) is 1.69. The minimum atomic E-state index is 0.686. The maximum absolute atomic E-state index is 8.88. The van der Waals surface area contributed by atoms with Gasteiger partial charge in [-0.2, -0.15) is 5.26 Å². The fraction of sp³-hybridized carbons (Fsp3) is 0.500. The zero-order valence-electron chi connectivity index (χ0n) is 10.4. The fourth-order valence-corrected chi connectivity index (χ4v) is 1.69. The Labute approximate surface area is 98.5 Å². The molecule has 2 nitrogen and oxygen atoms in total. The van der Waals surface area contributed by atoms with Crippen LogP contribution in [-0.4, -0.2) is 13.1 Å². The summed E-state index contributed by atoms with van der Waals surface area (Å²) < 4.78 is 0. The molecule has 0 bridgehead atoms. The molecule has 0 aliphatic rings. The van der Waals surface area contributed by atoms with E-state index in [1.165, 1.54) is 6.42 Å². The number of hydrogen-bond acceptors (Lipinski definition) is 2. The van der Waals surface area contributed by atoms with Gasteiger partial charge in [0, 0.05) is 18.8 Å². The van der Waals surface area contributed by atoms with Crippen LogP contribution in [0, 0.1) is 17.2 Å². The van der Waals surface area contributed by atoms with E-state index in [9.17, 15) is 0 Å². The molecule has 0 heterocycles. The van der Waals surface area contributed by atoms with E-state index in [-0.39, 0.29) is 0 Å². The molecule has 0 saturated heterocycles. The molecule has 1 unspecified atom stereocenters. The number of nitrogens with zero attached hydrogens (tertiary/aromatic N) is 2. The second-order valence-electron chi connectivity index (χ2n) is 4.21. The molecular weight excluding hydrogens is 196 g/mol. The van der Waals surface area contributed by atoms with Crippen molar-refractivity contribution < 1.29 is 0 Å². The van der Waals surface area contributed by atoms with E-state index in [1.54, 1.807) is 0 Å². The lowest BCUT2D eigenvalue weighted by atomic mass is 10.1. The molecule has 0 N–H and O–H groups in total. The van der Waals surface area contributed by atoms with Crippen molar-refractivity contribution in [3.8, 4) is 6.07 Å². The molecule has 0 aliphatic heterocycles. The van der Waals surface area contributed by atoms with Gasteiger partial charge in [0.25, 0.3) is 0 Å². The molecule has 0 radical (unpaired) electrons. The first-order valence-corrected chi connectivity index (χ1v) is 5.96. The van der Waals surface area contributed by atoms with E-state index in [1.807, 2.05) is 18.2 Å². The summed E-state index contributed by atoms with van der Waals surface area (Å²) in [5.41, 5.74) is 1.89. The molecule has 1 rings (SSSR count). The van der Waals surface area contributed by atoms with E-state index < -0.39 is 0 Å². The van der Waals surface area contributed by atoms with Gasteiger partial charge in [0.15, 0.2) is 0 Å². The monoisotopic (exact) mass is 216 g/mol. The van der Waals surface area contributed by atoms with Crippen molar-refractivity contribution in [3.05, 3.63) is 29.8 Å². The first-order chi connectivity index (χ1) is 7.71. The van der Waals surface area contributed by atoms with Gasteiger partial charge in [0.2, 0.25) is 0 Å². The van der Waals surface area contributed by atoms with E-state index >= 15 is 0 Å². The van der Waals surface area contributed by atoms with Crippen LogP contribution in [0.25, 0.3) is 0 Å². The molecule has 1 aromatic carbocycles. The molecular formula is C14H20N2. The number of rotatable bonds is 5. The molecule has 0 aromatic heterocycles. The average Bonchev–Trinajstić information content (AvgIpc) is 2.35. The van der Waals surface area contributed by atoms with Crippen molar-refractivity contribution in [3.63, 3.8) is 0 Å². The van der Waals surface area contributed by atoms with Crippen LogP contribution in [0.15, 0.2) is 24.3 Å². The molecule has 0 saturated carbocycles. The largest absolute Gasteiger partial charge is 0.372 e. The van der Waals surface area contributed by atoms with Crippen LogP contribution in [0.2, 0.25) is 0 Å². The van der Waals surface area contributed by atoms with Crippen LogP contribution in [-0.2, 0) is 0 Å². The SMILES string of the molecule is CCC(C)CN(CC)c1cccc(C#N)c1. The van der Waals surface area contributed by atoms with E-state index in [4.69, 9.17) is 5.26 Å². The Kier molecular flexibility index (Phi) is 4.85. The summed E-state index contributed by atoms with van der Waals surface area (Å²) in [6.45, 7) is 8.67. The van der Waals surface area contributed by atoms with Gasteiger partial charge in [-0.25, -0.2) is 0 Å². The summed E-state index contributed by atoms with van der Waals surface area (Å²) in [4.78, 5) is 2.33. The summed E-state index contributed by atoms with van der Waals surface area (Å²) in [6.07, 6.45) is 1.19. The lowest BCUT2D eigenvalue weighted by molar-refractivity contribution is 0.548. The smallest absolute Gasteiger partial charge is 0.0992 e. The quantitative estimate of drug-likeness (QED) is 0.754. The van der Waals surface area contributed by atoms with Crippen LogP contribution in [0.3, 0.4) is 0 Å². The highest BCUT2D eigenvalue weighted by molar-refractivity contribution is 5.51.